The Morgan fingerprint density at radius 2 is 1.76 bits per heavy atom. The van der Waals surface area contributed by atoms with Crippen LogP contribution in [-0.2, 0) is 17.0 Å². The Morgan fingerprint density at radius 3 is 2.58 bits per heavy atom. The summed E-state index contributed by atoms with van der Waals surface area (Å²) in [4.78, 5) is 22.7. The molecule has 0 N–H and O–H groups in total. The molecule has 33 heavy (non-hydrogen) atoms. The standard InChI is InChI=1S/C24H24N6O2S/c1-3-32-14-8-13-29-22(31)17-9-4-7-12-21(17)30-23(29)27-28-24(30)33-15-20-16(2)25-18-10-5-6-11-19(18)26-20/h4-7,9-12H,3,8,13-15H2,1-2H3. The monoisotopic (exact) mass is 460 g/mol. The summed E-state index contributed by atoms with van der Waals surface area (Å²) >= 11 is 1.54. The van der Waals surface area contributed by atoms with Crippen LogP contribution in [-0.4, -0.2) is 42.3 Å². The quantitative estimate of drug-likeness (QED) is 0.255. The van der Waals surface area contributed by atoms with Gasteiger partial charge in [0.25, 0.3) is 5.56 Å². The normalized spacial score (nSPS) is 11.7. The summed E-state index contributed by atoms with van der Waals surface area (Å²) in [6.45, 7) is 5.71. The second-order valence-corrected chi connectivity index (χ2v) is 8.62. The number of benzene rings is 2. The van der Waals surface area contributed by atoms with Crippen LogP contribution in [0.15, 0.2) is 58.5 Å². The molecule has 168 valence electrons. The maximum atomic E-state index is 13.2. The number of nitrogens with zero attached hydrogens (tertiary/aromatic N) is 6. The fourth-order valence-electron chi connectivity index (χ4n) is 3.89. The third kappa shape index (κ3) is 4.09. The molecule has 9 heteroatoms. The lowest BCUT2D eigenvalue weighted by Crippen LogP contribution is -2.24. The molecule has 0 bridgehead atoms. The number of fused-ring (bicyclic) bond motifs is 4. The Bertz CT molecular complexity index is 1510. The Balaban J connectivity index is 1.53. The number of thioether (sulfide) groups is 1. The van der Waals surface area contributed by atoms with Crippen molar-refractivity contribution in [1.82, 2.24) is 29.1 Å². The van der Waals surface area contributed by atoms with Gasteiger partial charge >= 0.3 is 0 Å². The lowest BCUT2D eigenvalue weighted by molar-refractivity contribution is 0.141. The zero-order valence-electron chi connectivity index (χ0n) is 18.6. The average Bonchev–Trinajstić information content (AvgIpc) is 3.26. The molecule has 8 nitrogen and oxygen atoms in total. The van der Waals surface area contributed by atoms with Gasteiger partial charge in [0.2, 0.25) is 5.78 Å². The predicted octanol–water partition coefficient (Wildman–Crippen LogP) is 4.01. The van der Waals surface area contributed by atoms with Gasteiger partial charge in [-0.2, -0.15) is 0 Å². The minimum atomic E-state index is -0.0604. The van der Waals surface area contributed by atoms with Crippen LogP contribution in [0.3, 0.4) is 0 Å². The molecule has 5 aromatic rings. The zero-order chi connectivity index (χ0) is 22.8. The minimum absolute atomic E-state index is 0.0604. The molecule has 5 rings (SSSR count). The van der Waals surface area contributed by atoms with Gasteiger partial charge in [0.05, 0.1) is 33.3 Å². The van der Waals surface area contributed by atoms with E-state index in [-0.39, 0.29) is 5.56 Å². The number of hydrogen-bond donors (Lipinski definition) is 0. The Kier molecular flexibility index (Phi) is 6.06. The lowest BCUT2D eigenvalue weighted by Gasteiger charge is -2.11. The molecule has 3 heterocycles. The van der Waals surface area contributed by atoms with Crippen LogP contribution in [0.5, 0.6) is 0 Å². The van der Waals surface area contributed by atoms with Gasteiger partial charge in [-0.3, -0.25) is 13.8 Å². The van der Waals surface area contributed by atoms with E-state index in [4.69, 9.17) is 9.72 Å². The third-order valence-electron chi connectivity index (χ3n) is 5.53. The van der Waals surface area contributed by atoms with Gasteiger partial charge < -0.3 is 4.74 Å². The van der Waals surface area contributed by atoms with Gasteiger partial charge in [-0.1, -0.05) is 36.0 Å². The van der Waals surface area contributed by atoms with Crippen molar-refractivity contribution in [3.63, 3.8) is 0 Å². The second-order valence-electron chi connectivity index (χ2n) is 7.68. The van der Waals surface area contributed by atoms with Crippen LogP contribution in [0, 0.1) is 6.92 Å². The molecule has 0 fully saturated rings. The maximum Gasteiger partial charge on any atom is 0.262 e. The van der Waals surface area contributed by atoms with Crippen LogP contribution in [0.2, 0.25) is 0 Å². The van der Waals surface area contributed by atoms with Crippen molar-refractivity contribution in [3.05, 3.63) is 70.3 Å². The van der Waals surface area contributed by atoms with E-state index in [0.717, 1.165) is 34.4 Å². The van der Waals surface area contributed by atoms with Crippen LogP contribution in [0.4, 0.5) is 0 Å². The topological polar surface area (TPSA) is 87.2 Å². The number of rotatable bonds is 8. The first-order valence-corrected chi connectivity index (χ1v) is 12.0. The van der Waals surface area contributed by atoms with Crippen molar-refractivity contribution in [3.8, 4) is 0 Å². The summed E-state index contributed by atoms with van der Waals surface area (Å²) in [7, 11) is 0. The molecule has 0 saturated carbocycles. The smallest absolute Gasteiger partial charge is 0.262 e. The second kappa shape index (κ2) is 9.29. The first-order chi connectivity index (χ1) is 16.2. The fourth-order valence-corrected chi connectivity index (χ4v) is 4.84. The molecule has 0 aliphatic heterocycles. The Morgan fingerprint density at radius 1 is 1.00 bits per heavy atom. The average molecular weight is 461 g/mol. The van der Waals surface area contributed by atoms with E-state index in [1.807, 2.05) is 66.8 Å². The molecule has 3 aromatic heterocycles. The van der Waals surface area contributed by atoms with E-state index in [1.165, 1.54) is 0 Å². The van der Waals surface area contributed by atoms with Crippen molar-refractivity contribution in [2.75, 3.05) is 13.2 Å². The van der Waals surface area contributed by atoms with Crippen molar-refractivity contribution >= 4 is 39.5 Å². The molecule has 0 unspecified atom stereocenters. The summed E-state index contributed by atoms with van der Waals surface area (Å²) in [6, 6.07) is 15.5. The molecule has 2 aromatic carbocycles. The van der Waals surface area contributed by atoms with Crippen LogP contribution in [0.25, 0.3) is 27.7 Å². The summed E-state index contributed by atoms with van der Waals surface area (Å²) in [5.74, 6) is 1.14. The highest BCUT2D eigenvalue weighted by Gasteiger charge is 2.17. The van der Waals surface area contributed by atoms with Crippen LogP contribution >= 0.6 is 11.8 Å². The fraction of sp³-hybridized carbons (Fsp3) is 0.292. The summed E-state index contributed by atoms with van der Waals surface area (Å²) < 4.78 is 9.11. The molecular formula is C24H24N6O2S. The third-order valence-corrected chi connectivity index (χ3v) is 6.47. The van der Waals surface area contributed by atoms with Crippen LogP contribution < -0.4 is 5.56 Å². The van der Waals surface area contributed by atoms with Crippen molar-refractivity contribution in [2.24, 2.45) is 0 Å². The van der Waals surface area contributed by atoms with Crippen molar-refractivity contribution in [2.45, 2.75) is 37.7 Å². The molecule has 0 aliphatic carbocycles. The first kappa shape index (κ1) is 21.5. The molecule has 0 atom stereocenters. The highest BCUT2D eigenvalue weighted by atomic mass is 32.2. The highest BCUT2D eigenvalue weighted by Crippen LogP contribution is 2.25. The first-order valence-electron chi connectivity index (χ1n) is 11.0. The maximum absolute atomic E-state index is 13.2. The lowest BCUT2D eigenvalue weighted by atomic mass is 10.2. The molecule has 0 amide bonds. The molecule has 0 radical (unpaired) electrons. The number of hydrogen-bond acceptors (Lipinski definition) is 7. The molecule has 0 saturated heterocycles. The van der Waals surface area contributed by atoms with Gasteiger partial charge in [0.1, 0.15) is 0 Å². The number of para-hydroxylation sites is 3. The van der Waals surface area contributed by atoms with E-state index in [1.54, 1.807) is 16.3 Å². The van der Waals surface area contributed by atoms with Crippen molar-refractivity contribution < 1.29 is 4.74 Å². The van der Waals surface area contributed by atoms with Gasteiger partial charge in [-0.15, -0.1) is 10.2 Å². The van der Waals surface area contributed by atoms with E-state index in [2.05, 4.69) is 15.2 Å². The minimum Gasteiger partial charge on any atom is -0.382 e. The molecule has 0 spiro atoms. The van der Waals surface area contributed by atoms with Gasteiger partial charge in [-0.05, 0) is 44.5 Å². The number of aromatic nitrogens is 6. The van der Waals surface area contributed by atoms with Crippen LogP contribution in [0.1, 0.15) is 24.7 Å². The highest BCUT2D eigenvalue weighted by molar-refractivity contribution is 7.98. The van der Waals surface area contributed by atoms with E-state index >= 15 is 0 Å². The predicted molar refractivity (Wildman–Crippen MR) is 130 cm³/mol. The summed E-state index contributed by atoms with van der Waals surface area (Å²) in [5, 5.41) is 10.2. The van der Waals surface area contributed by atoms with E-state index in [9.17, 15) is 4.79 Å². The largest absolute Gasteiger partial charge is 0.382 e. The van der Waals surface area contributed by atoms with Gasteiger partial charge in [0, 0.05) is 25.5 Å². The summed E-state index contributed by atoms with van der Waals surface area (Å²) in [5.41, 5.74) is 4.30. The SMILES string of the molecule is CCOCCCn1c(=O)c2ccccc2n2c(SCc3nc4ccccc4nc3C)nnc12. The molecule has 0 aliphatic rings. The van der Waals surface area contributed by atoms with E-state index < -0.39 is 0 Å². The van der Waals surface area contributed by atoms with E-state index in [0.29, 0.717) is 41.8 Å². The number of aryl methyl sites for hydroxylation is 2. The van der Waals surface area contributed by atoms with Crippen molar-refractivity contribution in [1.29, 1.82) is 0 Å². The van der Waals surface area contributed by atoms with Gasteiger partial charge in [-0.25, -0.2) is 9.97 Å². The molecular weight excluding hydrogens is 436 g/mol. The Hall–Kier alpha value is -3.30. The number of ether oxygens (including phenoxy) is 1. The van der Waals surface area contributed by atoms with Gasteiger partial charge in [0.15, 0.2) is 5.16 Å². The Labute approximate surface area is 194 Å². The zero-order valence-corrected chi connectivity index (χ0v) is 19.4. The summed E-state index contributed by atoms with van der Waals surface area (Å²) in [6.07, 6.45) is 0.725.